The van der Waals surface area contributed by atoms with E-state index in [0.29, 0.717) is 26.0 Å². The zero-order valence-corrected chi connectivity index (χ0v) is 15.1. The summed E-state index contributed by atoms with van der Waals surface area (Å²) >= 11 is 0. The Hall–Kier alpha value is -2.34. The fourth-order valence-corrected chi connectivity index (χ4v) is 3.92. The minimum atomic E-state index is -3.44. The number of nitrogens with one attached hydrogen (secondary N) is 1. The Kier molecular flexibility index (Phi) is 7.01. The highest BCUT2D eigenvalue weighted by Crippen LogP contribution is 2.17. The molecule has 25 heavy (non-hydrogen) atoms. The number of hydrogen-bond donors (Lipinski definition) is 1. The van der Waals surface area contributed by atoms with Crippen molar-refractivity contribution in [3.63, 3.8) is 0 Å². The summed E-state index contributed by atoms with van der Waals surface area (Å²) < 4.78 is 30.1. The van der Waals surface area contributed by atoms with Crippen molar-refractivity contribution in [2.75, 3.05) is 18.9 Å². The zero-order chi connectivity index (χ0) is 18.1. The van der Waals surface area contributed by atoms with Crippen molar-refractivity contribution in [3.8, 4) is 5.75 Å². The topological polar surface area (TPSA) is 72.5 Å². The van der Waals surface area contributed by atoms with E-state index in [1.807, 2.05) is 30.3 Å². The van der Waals surface area contributed by atoms with Crippen LogP contribution in [0, 0.1) is 0 Å². The van der Waals surface area contributed by atoms with Crippen LogP contribution in [0.3, 0.4) is 0 Å². The number of amides is 1. The molecule has 0 fully saturated rings. The molecule has 0 aliphatic rings. The highest BCUT2D eigenvalue weighted by Gasteiger charge is 2.21. The fraction of sp³-hybridized carbons (Fsp3) is 0.316. The summed E-state index contributed by atoms with van der Waals surface area (Å²) in [6.45, 7) is 2.68. The molecule has 0 heterocycles. The molecule has 0 saturated heterocycles. The molecule has 0 aromatic heterocycles. The predicted octanol–water partition coefficient (Wildman–Crippen LogP) is 3.07. The quantitative estimate of drug-likeness (QED) is 0.697. The van der Waals surface area contributed by atoms with Crippen LogP contribution >= 0.6 is 0 Å². The van der Waals surface area contributed by atoms with Crippen molar-refractivity contribution in [1.82, 2.24) is 5.32 Å². The van der Waals surface area contributed by atoms with E-state index in [1.165, 1.54) is 6.07 Å². The molecule has 2 rings (SSSR count). The van der Waals surface area contributed by atoms with Crippen LogP contribution in [-0.2, 0) is 9.84 Å². The standard InChI is InChI=1S/C19H23NO4S/c1-2-15-25(22,23)18-12-7-6-11-17(18)19(21)20-13-8-14-24-16-9-4-3-5-10-16/h3-7,9-12H,2,8,13-15H2,1H3,(H,20,21). The summed E-state index contributed by atoms with van der Waals surface area (Å²) in [4.78, 5) is 12.4. The molecular weight excluding hydrogens is 338 g/mol. The first-order chi connectivity index (χ1) is 12.0. The van der Waals surface area contributed by atoms with Gasteiger partial charge in [0.15, 0.2) is 9.84 Å². The molecule has 0 aliphatic heterocycles. The number of carbonyl (C=O) groups is 1. The smallest absolute Gasteiger partial charge is 0.252 e. The summed E-state index contributed by atoms with van der Waals surface area (Å²) in [6.07, 6.45) is 1.14. The lowest BCUT2D eigenvalue weighted by molar-refractivity contribution is 0.0948. The van der Waals surface area contributed by atoms with E-state index in [2.05, 4.69) is 5.32 Å². The van der Waals surface area contributed by atoms with Gasteiger partial charge in [-0.05, 0) is 37.1 Å². The summed E-state index contributed by atoms with van der Waals surface area (Å²) in [7, 11) is -3.44. The van der Waals surface area contributed by atoms with E-state index in [4.69, 9.17) is 4.74 Å². The maximum absolute atomic E-state index is 12.3. The van der Waals surface area contributed by atoms with Gasteiger partial charge in [-0.25, -0.2) is 8.42 Å². The van der Waals surface area contributed by atoms with Crippen LogP contribution in [0.5, 0.6) is 5.75 Å². The lowest BCUT2D eigenvalue weighted by Gasteiger charge is -2.11. The van der Waals surface area contributed by atoms with Crippen LogP contribution in [0.1, 0.15) is 30.1 Å². The molecule has 5 nitrogen and oxygen atoms in total. The van der Waals surface area contributed by atoms with E-state index in [0.717, 1.165) is 5.75 Å². The van der Waals surface area contributed by atoms with Crippen molar-refractivity contribution >= 4 is 15.7 Å². The second-order valence-electron chi connectivity index (χ2n) is 5.59. The van der Waals surface area contributed by atoms with Gasteiger partial charge in [-0.1, -0.05) is 37.3 Å². The van der Waals surface area contributed by atoms with Gasteiger partial charge in [0.1, 0.15) is 5.75 Å². The first-order valence-electron chi connectivity index (χ1n) is 8.32. The maximum atomic E-state index is 12.3. The molecule has 0 radical (unpaired) electrons. The first-order valence-corrected chi connectivity index (χ1v) is 9.97. The number of benzene rings is 2. The highest BCUT2D eigenvalue weighted by molar-refractivity contribution is 7.91. The van der Waals surface area contributed by atoms with Crippen molar-refractivity contribution in [2.24, 2.45) is 0 Å². The SMILES string of the molecule is CCCS(=O)(=O)c1ccccc1C(=O)NCCCOc1ccccc1. The molecule has 6 heteroatoms. The minimum absolute atomic E-state index is 0.0300. The normalized spacial score (nSPS) is 11.1. The molecule has 0 spiro atoms. The first kappa shape index (κ1) is 19.0. The molecule has 1 amide bonds. The Morgan fingerprint density at radius 2 is 1.72 bits per heavy atom. The summed E-state index contributed by atoms with van der Waals surface area (Å²) in [5.41, 5.74) is 0.194. The summed E-state index contributed by atoms with van der Waals surface area (Å²) in [5, 5.41) is 2.76. The molecule has 2 aromatic rings. The minimum Gasteiger partial charge on any atom is -0.494 e. The largest absolute Gasteiger partial charge is 0.494 e. The van der Waals surface area contributed by atoms with Crippen LogP contribution < -0.4 is 10.1 Å². The average molecular weight is 361 g/mol. The molecule has 0 bridgehead atoms. The maximum Gasteiger partial charge on any atom is 0.252 e. The molecule has 134 valence electrons. The molecule has 0 aliphatic carbocycles. The van der Waals surface area contributed by atoms with Gasteiger partial charge < -0.3 is 10.1 Å². The Balaban J connectivity index is 1.89. The second kappa shape index (κ2) is 9.22. The predicted molar refractivity (Wildman–Crippen MR) is 97.7 cm³/mol. The summed E-state index contributed by atoms with van der Waals surface area (Å²) in [5.74, 6) is 0.433. The van der Waals surface area contributed by atoms with Crippen LogP contribution in [0.25, 0.3) is 0 Å². The zero-order valence-electron chi connectivity index (χ0n) is 14.3. The fourth-order valence-electron chi connectivity index (χ4n) is 2.38. The third-order valence-corrected chi connectivity index (χ3v) is 5.53. The number of carbonyl (C=O) groups excluding carboxylic acids is 1. The highest BCUT2D eigenvalue weighted by atomic mass is 32.2. The number of ether oxygens (including phenoxy) is 1. The Bertz CT molecular complexity index is 788. The van der Waals surface area contributed by atoms with Crippen LogP contribution in [0.4, 0.5) is 0 Å². The van der Waals surface area contributed by atoms with Gasteiger partial charge in [0.25, 0.3) is 5.91 Å². The second-order valence-corrected chi connectivity index (χ2v) is 7.66. The Labute approximate surface area is 148 Å². The third kappa shape index (κ3) is 5.60. The van der Waals surface area contributed by atoms with Gasteiger partial charge in [0, 0.05) is 6.54 Å². The van der Waals surface area contributed by atoms with Gasteiger partial charge in [-0.15, -0.1) is 0 Å². The molecule has 0 unspecified atom stereocenters. The number of sulfone groups is 1. The lowest BCUT2D eigenvalue weighted by atomic mass is 10.2. The Morgan fingerprint density at radius 1 is 1.04 bits per heavy atom. The van der Waals surface area contributed by atoms with E-state index in [9.17, 15) is 13.2 Å². The number of rotatable bonds is 9. The molecule has 2 aromatic carbocycles. The van der Waals surface area contributed by atoms with Crippen LogP contribution in [-0.4, -0.2) is 33.2 Å². The van der Waals surface area contributed by atoms with Gasteiger partial charge in [-0.2, -0.15) is 0 Å². The molecule has 0 saturated carbocycles. The number of hydrogen-bond acceptors (Lipinski definition) is 4. The van der Waals surface area contributed by atoms with Gasteiger partial charge in [-0.3, -0.25) is 4.79 Å². The summed E-state index contributed by atoms with van der Waals surface area (Å²) in [6, 6.07) is 15.8. The van der Waals surface area contributed by atoms with Gasteiger partial charge in [0.05, 0.1) is 22.8 Å². The Morgan fingerprint density at radius 3 is 2.44 bits per heavy atom. The monoisotopic (exact) mass is 361 g/mol. The van der Waals surface area contributed by atoms with Crippen LogP contribution in [0.2, 0.25) is 0 Å². The van der Waals surface area contributed by atoms with E-state index < -0.39 is 9.84 Å². The van der Waals surface area contributed by atoms with E-state index in [-0.39, 0.29) is 22.1 Å². The molecular formula is C19H23NO4S. The average Bonchev–Trinajstić information content (AvgIpc) is 2.62. The number of para-hydroxylation sites is 1. The van der Waals surface area contributed by atoms with Crippen molar-refractivity contribution in [1.29, 1.82) is 0 Å². The third-order valence-electron chi connectivity index (χ3n) is 3.56. The van der Waals surface area contributed by atoms with Crippen molar-refractivity contribution < 1.29 is 17.9 Å². The van der Waals surface area contributed by atoms with Gasteiger partial charge in [0.2, 0.25) is 0 Å². The molecule has 1 N–H and O–H groups in total. The van der Waals surface area contributed by atoms with E-state index in [1.54, 1.807) is 25.1 Å². The van der Waals surface area contributed by atoms with Gasteiger partial charge >= 0.3 is 0 Å². The lowest BCUT2D eigenvalue weighted by Crippen LogP contribution is -2.27. The van der Waals surface area contributed by atoms with Crippen LogP contribution in [0.15, 0.2) is 59.5 Å². The molecule has 0 atom stereocenters. The van der Waals surface area contributed by atoms with E-state index >= 15 is 0 Å². The van der Waals surface area contributed by atoms with Crippen molar-refractivity contribution in [2.45, 2.75) is 24.7 Å². The van der Waals surface area contributed by atoms with Crippen molar-refractivity contribution in [3.05, 3.63) is 60.2 Å².